The number of hydrogen-bond donors (Lipinski definition) is 1. The van der Waals surface area contributed by atoms with Gasteiger partial charge < -0.3 is 18.9 Å². The number of carbonyl (C=O) groups is 2. The fourth-order valence-corrected chi connectivity index (χ4v) is 6.20. The fourth-order valence-electron chi connectivity index (χ4n) is 5.46. The number of rotatable bonds is 37. The molecule has 0 amide bonds. The lowest BCUT2D eigenvalue weighted by Crippen LogP contribution is -2.37. The highest BCUT2D eigenvalue weighted by Crippen LogP contribution is 2.43. The summed E-state index contributed by atoms with van der Waals surface area (Å²) in [6.45, 7) is 4.34. The number of hydrogen-bond acceptors (Lipinski definition) is 7. The lowest BCUT2D eigenvalue weighted by atomic mass is 10.0. The van der Waals surface area contributed by atoms with E-state index in [4.69, 9.17) is 18.5 Å². The highest BCUT2D eigenvalue weighted by Gasteiger charge is 2.27. The number of ether oxygens (including phenoxy) is 2. The molecule has 0 saturated heterocycles. The molecule has 300 valence electrons. The van der Waals surface area contributed by atoms with Crippen molar-refractivity contribution in [1.82, 2.24) is 0 Å². The zero-order valence-corrected chi connectivity index (χ0v) is 34.5. The Morgan fingerprint density at radius 1 is 0.608 bits per heavy atom. The summed E-state index contributed by atoms with van der Waals surface area (Å²) in [6, 6.07) is 0. The van der Waals surface area contributed by atoms with Crippen LogP contribution in [0.25, 0.3) is 0 Å². The van der Waals surface area contributed by atoms with Gasteiger partial charge in [-0.05, 0) is 38.5 Å². The molecule has 0 bridgehead atoms. The quantitative estimate of drug-likeness (QED) is 0.0220. The van der Waals surface area contributed by atoms with Crippen LogP contribution in [0.15, 0.2) is 24.3 Å². The number of unbranched alkanes of at least 4 members (excludes halogenated alkanes) is 19. The van der Waals surface area contributed by atoms with Gasteiger partial charge in [0.05, 0.1) is 27.7 Å². The summed E-state index contributed by atoms with van der Waals surface area (Å²) >= 11 is 0. The third-order valence-corrected chi connectivity index (χ3v) is 9.70. The van der Waals surface area contributed by atoms with Crippen molar-refractivity contribution in [1.29, 1.82) is 0 Å². The number of phosphoric ester groups is 1. The predicted octanol–water partition coefficient (Wildman–Crippen LogP) is 11.2. The van der Waals surface area contributed by atoms with E-state index in [1.54, 1.807) is 0 Å². The molecule has 0 fully saturated rings. The second kappa shape index (κ2) is 34.3. The van der Waals surface area contributed by atoms with Crippen LogP contribution in [-0.4, -0.2) is 74.9 Å². The van der Waals surface area contributed by atoms with Crippen LogP contribution >= 0.6 is 7.82 Å². The summed E-state index contributed by atoms with van der Waals surface area (Å²) in [5.74, 6) is -0.812. The molecule has 0 heterocycles. The van der Waals surface area contributed by atoms with Gasteiger partial charge in [0.1, 0.15) is 19.8 Å². The molecule has 0 aliphatic rings. The maximum atomic E-state index is 12.6. The minimum absolute atomic E-state index is 0.0303. The van der Waals surface area contributed by atoms with Crippen LogP contribution in [0.4, 0.5) is 0 Å². The fraction of sp³-hybridized carbons (Fsp3) is 0.854. The summed E-state index contributed by atoms with van der Waals surface area (Å²) in [6.07, 6.45) is 35.0. The van der Waals surface area contributed by atoms with E-state index in [0.717, 1.165) is 64.2 Å². The molecular weight excluding hydrogens is 665 g/mol. The first-order valence-corrected chi connectivity index (χ1v) is 22.1. The van der Waals surface area contributed by atoms with Gasteiger partial charge in [0.15, 0.2) is 6.10 Å². The van der Waals surface area contributed by atoms with Crippen LogP contribution in [0, 0.1) is 0 Å². The van der Waals surface area contributed by atoms with Crippen molar-refractivity contribution in [2.24, 2.45) is 0 Å². The molecule has 0 aliphatic heterocycles. The molecule has 0 rings (SSSR count). The monoisotopic (exact) mass is 745 g/mol. The van der Waals surface area contributed by atoms with Gasteiger partial charge in [-0.3, -0.25) is 18.6 Å². The second-order valence-electron chi connectivity index (χ2n) is 15.0. The molecule has 1 N–H and O–H groups in total. The number of likely N-dealkylation sites (N-methyl/N-ethyl adjacent to an activating group) is 1. The average molecular weight is 745 g/mol. The maximum absolute atomic E-state index is 12.6. The van der Waals surface area contributed by atoms with Gasteiger partial charge >= 0.3 is 19.8 Å². The Bertz CT molecular complexity index is 933. The van der Waals surface area contributed by atoms with E-state index in [9.17, 15) is 19.0 Å². The maximum Gasteiger partial charge on any atom is 0.472 e. The van der Waals surface area contributed by atoms with E-state index in [2.05, 4.69) is 38.2 Å². The van der Waals surface area contributed by atoms with E-state index >= 15 is 0 Å². The first-order valence-electron chi connectivity index (χ1n) is 20.6. The first-order chi connectivity index (χ1) is 24.5. The van der Waals surface area contributed by atoms with Crippen molar-refractivity contribution >= 4 is 19.8 Å². The van der Waals surface area contributed by atoms with Crippen molar-refractivity contribution in [3.8, 4) is 0 Å². The van der Waals surface area contributed by atoms with E-state index in [0.29, 0.717) is 17.4 Å². The number of nitrogens with zero attached hydrogens (tertiary/aromatic N) is 1. The molecule has 0 aromatic carbocycles. The second-order valence-corrected chi connectivity index (χ2v) is 16.5. The van der Waals surface area contributed by atoms with E-state index in [-0.39, 0.29) is 32.0 Å². The standard InChI is InChI=1S/C41H78NO8P/c1-6-8-10-12-14-16-18-20-22-23-25-27-29-31-33-40(43)47-37-39(38-49-51(45,46)48-36-35-42(3,4)5)50-41(44)34-32-30-28-26-24-21-19-17-15-13-11-9-7-2/h11,13,17,19,39H,6-10,12,14-16,18,20-38H2,1-5H3/p+1/b13-11-,19-17-. The van der Waals surface area contributed by atoms with Gasteiger partial charge in [0.25, 0.3) is 0 Å². The van der Waals surface area contributed by atoms with E-state index in [1.807, 2.05) is 21.1 Å². The highest BCUT2D eigenvalue weighted by molar-refractivity contribution is 7.47. The lowest BCUT2D eigenvalue weighted by Gasteiger charge is -2.24. The van der Waals surface area contributed by atoms with Gasteiger partial charge in [0, 0.05) is 12.8 Å². The van der Waals surface area contributed by atoms with Crippen LogP contribution in [0.3, 0.4) is 0 Å². The molecule has 0 aromatic heterocycles. The minimum atomic E-state index is -4.37. The van der Waals surface area contributed by atoms with E-state index < -0.39 is 26.5 Å². The Morgan fingerprint density at radius 2 is 1.10 bits per heavy atom. The largest absolute Gasteiger partial charge is 0.472 e. The SMILES string of the molecule is CCC/C=C\C/C=C\CCCCCCCC(=O)OC(COC(=O)CCCCCCCCCCCCCCCC)COP(=O)(O)OCC[N+](C)(C)C. The van der Waals surface area contributed by atoms with Crippen LogP contribution < -0.4 is 0 Å². The van der Waals surface area contributed by atoms with Crippen LogP contribution in [-0.2, 0) is 32.7 Å². The molecule has 0 radical (unpaired) electrons. The molecule has 0 spiro atoms. The molecule has 0 saturated carbocycles. The number of phosphoric acid groups is 1. The summed E-state index contributed by atoms with van der Waals surface area (Å²) in [7, 11) is 1.47. The summed E-state index contributed by atoms with van der Waals surface area (Å²) < 4.78 is 34.2. The Morgan fingerprint density at radius 3 is 1.63 bits per heavy atom. The van der Waals surface area contributed by atoms with Crippen molar-refractivity contribution in [3.63, 3.8) is 0 Å². The number of quaternary nitrogens is 1. The highest BCUT2D eigenvalue weighted by atomic mass is 31.2. The van der Waals surface area contributed by atoms with Gasteiger partial charge in [-0.15, -0.1) is 0 Å². The van der Waals surface area contributed by atoms with Gasteiger partial charge in [0.2, 0.25) is 0 Å². The normalized spacial score (nSPS) is 13.9. The van der Waals surface area contributed by atoms with Gasteiger partial charge in [-0.25, -0.2) is 4.57 Å². The Balaban J connectivity index is 4.40. The zero-order chi connectivity index (χ0) is 37.9. The third kappa shape index (κ3) is 38.0. The van der Waals surface area contributed by atoms with Crippen molar-refractivity contribution in [2.75, 3.05) is 47.5 Å². The minimum Gasteiger partial charge on any atom is -0.462 e. The van der Waals surface area contributed by atoms with Crippen LogP contribution in [0.5, 0.6) is 0 Å². The molecule has 9 nitrogen and oxygen atoms in total. The molecule has 0 aliphatic carbocycles. The molecule has 51 heavy (non-hydrogen) atoms. The van der Waals surface area contributed by atoms with Gasteiger partial charge in [-0.1, -0.05) is 147 Å². The third-order valence-electron chi connectivity index (χ3n) is 8.72. The van der Waals surface area contributed by atoms with Crippen molar-refractivity contribution < 1.29 is 42.1 Å². The molecular formula is C41H79NO8P+. The van der Waals surface area contributed by atoms with Crippen molar-refractivity contribution in [3.05, 3.63) is 24.3 Å². The Hall–Kier alpha value is -1.51. The lowest BCUT2D eigenvalue weighted by molar-refractivity contribution is -0.870. The Labute approximate surface area is 313 Å². The predicted molar refractivity (Wildman–Crippen MR) is 211 cm³/mol. The number of carbonyl (C=O) groups excluding carboxylic acids is 2. The zero-order valence-electron chi connectivity index (χ0n) is 33.6. The van der Waals surface area contributed by atoms with E-state index in [1.165, 1.54) is 77.0 Å². The average Bonchev–Trinajstić information content (AvgIpc) is 3.07. The molecule has 10 heteroatoms. The molecule has 0 aromatic rings. The number of allylic oxidation sites excluding steroid dienone is 4. The summed E-state index contributed by atoms with van der Waals surface area (Å²) in [4.78, 5) is 35.2. The Kier molecular flexibility index (Phi) is 33.3. The summed E-state index contributed by atoms with van der Waals surface area (Å²) in [5, 5.41) is 0. The number of esters is 2. The first kappa shape index (κ1) is 49.5. The summed E-state index contributed by atoms with van der Waals surface area (Å²) in [5.41, 5.74) is 0. The smallest absolute Gasteiger partial charge is 0.462 e. The van der Waals surface area contributed by atoms with Crippen LogP contribution in [0.2, 0.25) is 0 Å². The molecule has 2 unspecified atom stereocenters. The molecule has 2 atom stereocenters. The topological polar surface area (TPSA) is 108 Å². The van der Waals surface area contributed by atoms with Crippen molar-refractivity contribution in [2.45, 2.75) is 180 Å². The van der Waals surface area contributed by atoms with Gasteiger partial charge in [-0.2, -0.15) is 0 Å². The van der Waals surface area contributed by atoms with Crippen LogP contribution in [0.1, 0.15) is 174 Å².